The fourth-order valence-electron chi connectivity index (χ4n) is 11.0. The van der Waals surface area contributed by atoms with Crippen LogP contribution in [0.1, 0.15) is 74.0 Å². The molecular formula is C74H55N25S5. The number of aromatic amines is 5. The first-order chi connectivity index (χ1) is 50.2. The molecule has 0 aliphatic carbocycles. The number of nitriles is 5. The summed E-state index contributed by atoms with van der Waals surface area (Å²) in [5, 5.41) is 46.1. The molecule has 0 aliphatic heterocycles. The first kappa shape index (κ1) is 70.5. The molecule has 0 unspecified atom stereocenters. The third-order valence-corrected chi connectivity index (χ3v) is 17.3. The Morgan fingerprint density at radius 1 is 0.260 bits per heavy atom. The number of fused-ring (bicyclic) bond motifs is 5. The lowest BCUT2D eigenvalue weighted by atomic mass is 10.1. The first-order valence-electron chi connectivity index (χ1n) is 31.6. The predicted molar refractivity (Wildman–Crippen MR) is 407 cm³/mol. The number of aromatic nitrogens is 20. The summed E-state index contributed by atoms with van der Waals surface area (Å²) >= 11 is 26.8. The molecule has 0 saturated carbocycles. The molecule has 30 heteroatoms. The van der Waals surface area contributed by atoms with Crippen molar-refractivity contribution < 1.29 is 0 Å². The molecule has 506 valence electrons. The predicted octanol–water partition coefficient (Wildman–Crippen LogP) is 15.9. The lowest BCUT2D eigenvalue weighted by Gasteiger charge is -2.06. The third kappa shape index (κ3) is 14.5. The summed E-state index contributed by atoms with van der Waals surface area (Å²) in [7, 11) is 0. The molecular weight excluding hydrogens is 1400 g/mol. The standard InChI is InChI=1S/C20H15N5S.2C14H11N5S.2C13H9N5S/c1-12-3-7-14(8-4-12)18-22-16(11-21)17-19(24-18)25(20(26)23-17)15-9-5-13(2)6-10-15;2*1-8-3-5-10(6-4-8)19-13-12(18-14(19)20)11(7-15)16-9(2)17-13;2*1-8-15-10(7-14)11-12(16-8)18(13(19)17-11)9-5-3-2-4-6-9/h3-10H,1-2H3,(H,23,26);2*3-6H,1-2H3,(H,18,20);2*2-6H,1H3,(H,17,19). The smallest absolute Gasteiger partial charge is 0.184 e. The maximum absolute atomic E-state index is 9.55. The van der Waals surface area contributed by atoms with Crippen molar-refractivity contribution in [3.05, 3.63) is 256 Å². The van der Waals surface area contributed by atoms with Gasteiger partial charge < -0.3 is 24.9 Å². The summed E-state index contributed by atoms with van der Waals surface area (Å²) in [6, 6.07) is 61.6. The van der Waals surface area contributed by atoms with Crippen LogP contribution in [0.2, 0.25) is 0 Å². The highest BCUT2D eigenvalue weighted by Crippen LogP contribution is 2.28. The van der Waals surface area contributed by atoms with Crippen LogP contribution in [0.3, 0.4) is 0 Å². The van der Waals surface area contributed by atoms with Crippen LogP contribution in [0.4, 0.5) is 0 Å². The molecule has 10 heterocycles. The molecule has 0 fully saturated rings. The molecule has 16 aromatic rings. The zero-order valence-corrected chi connectivity index (χ0v) is 60.6. The van der Waals surface area contributed by atoms with Crippen molar-refractivity contribution in [2.45, 2.75) is 55.4 Å². The van der Waals surface area contributed by atoms with Crippen molar-refractivity contribution in [2.75, 3.05) is 0 Å². The number of benzene rings is 6. The lowest BCUT2D eigenvalue weighted by Crippen LogP contribution is -1.99. The maximum Gasteiger partial charge on any atom is 0.184 e. The molecule has 0 spiro atoms. The van der Waals surface area contributed by atoms with Gasteiger partial charge in [0.1, 0.15) is 81.2 Å². The van der Waals surface area contributed by atoms with Crippen LogP contribution >= 0.6 is 61.1 Å². The Kier molecular flexibility index (Phi) is 20.5. The summed E-state index contributed by atoms with van der Waals surface area (Å²) in [5.41, 5.74) is 17.5. The summed E-state index contributed by atoms with van der Waals surface area (Å²) < 4.78 is 11.6. The van der Waals surface area contributed by atoms with Gasteiger partial charge in [-0.05, 0) is 177 Å². The Morgan fingerprint density at radius 2 is 0.471 bits per heavy atom. The second-order valence-corrected chi connectivity index (χ2v) is 25.2. The van der Waals surface area contributed by atoms with Crippen LogP contribution in [-0.4, -0.2) is 97.6 Å². The van der Waals surface area contributed by atoms with Crippen LogP contribution in [-0.2, 0) is 0 Å². The summed E-state index contributed by atoms with van der Waals surface area (Å²) in [5.74, 6) is 2.68. The average Bonchev–Trinajstić information content (AvgIpc) is 1.64. The highest BCUT2D eigenvalue weighted by Gasteiger charge is 2.20. The molecule has 16 rings (SSSR count). The maximum atomic E-state index is 9.55. The summed E-state index contributed by atoms with van der Waals surface area (Å²) in [6.07, 6.45) is 0. The van der Waals surface area contributed by atoms with E-state index in [1.807, 2.05) is 199 Å². The van der Waals surface area contributed by atoms with Crippen LogP contribution in [0.15, 0.2) is 158 Å². The number of aryl methyl sites for hydroxylation is 8. The highest BCUT2D eigenvalue weighted by molar-refractivity contribution is 7.72. The minimum absolute atomic E-state index is 0.280. The molecule has 6 aromatic carbocycles. The minimum atomic E-state index is 0.280. The zero-order chi connectivity index (χ0) is 73.6. The van der Waals surface area contributed by atoms with E-state index in [4.69, 9.17) is 87.1 Å². The number of H-pyrrole nitrogens is 5. The molecule has 0 amide bonds. The molecule has 10 aromatic heterocycles. The van der Waals surface area contributed by atoms with Gasteiger partial charge in [0.25, 0.3) is 0 Å². The van der Waals surface area contributed by atoms with Crippen molar-refractivity contribution in [2.24, 2.45) is 0 Å². The van der Waals surface area contributed by atoms with Gasteiger partial charge >= 0.3 is 0 Å². The van der Waals surface area contributed by atoms with Gasteiger partial charge in [-0.3, -0.25) is 22.8 Å². The number of imidazole rings is 5. The normalized spacial score (nSPS) is 10.6. The second-order valence-electron chi connectivity index (χ2n) is 23.3. The van der Waals surface area contributed by atoms with E-state index in [9.17, 15) is 5.26 Å². The molecule has 0 radical (unpaired) electrons. The van der Waals surface area contributed by atoms with Crippen LogP contribution < -0.4 is 0 Å². The van der Waals surface area contributed by atoms with Gasteiger partial charge in [0.2, 0.25) is 0 Å². The van der Waals surface area contributed by atoms with E-state index in [0.717, 1.165) is 45.1 Å². The van der Waals surface area contributed by atoms with E-state index in [1.54, 1.807) is 36.8 Å². The number of hydrogen-bond donors (Lipinski definition) is 5. The van der Waals surface area contributed by atoms with Crippen molar-refractivity contribution in [3.8, 4) is 70.2 Å². The van der Waals surface area contributed by atoms with Gasteiger partial charge in [-0.2, -0.15) is 26.3 Å². The fraction of sp³-hybridized carbons (Fsp3) is 0.108. The summed E-state index contributed by atoms with van der Waals surface area (Å²) in [4.78, 5) is 58.3. The zero-order valence-electron chi connectivity index (χ0n) is 56.5. The molecule has 0 saturated heterocycles. The van der Waals surface area contributed by atoms with E-state index in [1.165, 1.54) is 11.1 Å². The van der Waals surface area contributed by atoms with Gasteiger partial charge in [0.05, 0.1) is 0 Å². The van der Waals surface area contributed by atoms with E-state index in [0.29, 0.717) is 132 Å². The molecule has 5 N–H and O–H groups in total. The lowest BCUT2D eigenvalue weighted by molar-refractivity contribution is 1.01. The van der Waals surface area contributed by atoms with E-state index in [-0.39, 0.29) is 5.69 Å². The fourth-order valence-corrected chi connectivity index (χ4v) is 12.5. The van der Waals surface area contributed by atoms with Crippen molar-refractivity contribution in [1.29, 1.82) is 26.3 Å². The summed E-state index contributed by atoms with van der Waals surface area (Å²) in [6.45, 7) is 15.1. The van der Waals surface area contributed by atoms with E-state index >= 15 is 0 Å². The topological polar surface area (TPSA) is 351 Å². The number of para-hydroxylation sites is 2. The highest BCUT2D eigenvalue weighted by atomic mass is 32.1. The molecule has 0 aliphatic rings. The largest absolute Gasteiger partial charge is 0.326 e. The number of nitrogens with one attached hydrogen (secondary N) is 5. The number of nitrogens with zero attached hydrogens (tertiary/aromatic N) is 20. The molecule has 25 nitrogen and oxygen atoms in total. The van der Waals surface area contributed by atoms with Crippen LogP contribution in [0.25, 0.3) is 95.6 Å². The van der Waals surface area contributed by atoms with Gasteiger partial charge in [0.15, 0.2) is 86.4 Å². The quantitative estimate of drug-likeness (QED) is 0.0965. The number of hydrogen-bond acceptors (Lipinski definition) is 20. The average molecular weight is 1450 g/mol. The Balaban J connectivity index is 0.000000123. The Labute approximate surface area is 617 Å². The Morgan fingerprint density at radius 3 is 0.712 bits per heavy atom. The molecule has 104 heavy (non-hydrogen) atoms. The Bertz CT molecular complexity index is 6260. The van der Waals surface area contributed by atoms with Crippen LogP contribution in [0.5, 0.6) is 0 Å². The number of rotatable bonds is 6. The molecule has 0 bridgehead atoms. The van der Waals surface area contributed by atoms with E-state index in [2.05, 4.69) is 100 Å². The van der Waals surface area contributed by atoms with Gasteiger partial charge in [-0.1, -0.05) is 119 Å². The monoisotopic (exact) mass is 1450 g/mol. The van der Waals surface area contributed by atoms with E-state index < -0.39 is 0 Å². The van der Waals surface area contributed by atoms with Gasteiger partial charge in [0, 0.05) is 34.0 Å². The third-order valence-electron chi connectivity index (χ3n) is 15.9. The minimum Gasteiger partial charge on any atom is -0.326 e. The SMILES string of the molecule is Cc1ccc(-c2nc(C#N)c3[nH]c(=S)n(-c4ccc(C)cc4)c3n2)cc1.Cc1ccc(-n2c(=S)[nH]c3c(C#N)nc(C)nc32)cc1.Cc1ccc(-n2c(=S)[nH]c3c(C#N)nc(C)nc32)cc1.Cc1nc(C#N)c2[nH]c(=S)n(-c3ccccc3)c2n1.Cc1nc(C#N)c2[nH]c(=S)n(-c3ccccc3)c2n1. The Hall–Kier alpha value is -13.4. The van der Waals surface area contributed by atoms with Crippen molar-refractivity contribution in [3.63, 3.8) is 0 Å². The second kappa shape index (κ2) is 30.2. The van der Waals surface area contributed by atoms with Gasteiger partial charge in [-0.25, -0.2) is 49.8 Å². The van der Waals surface area contributed by atoms with Gasteiger partial charge in [-0.15, -0.1) is 0 Å². The first-order valence-corrected chi connectivity index (χ1v) is 33.6. The van der Waals surface area contributed by atoms with Crippen molar-refractivity contribution >= 4 is 117 Å². The molecule has 0 atom stereocenters. The van der Waals surface area contributed by atoms with Crippen molar-refractivity contribution in [1.82, 2.24) is 97.6 Å². The van der Waals surface area contributed by atoms with Crippen LogP contribution in [0, 0.1) is 136 Å².